The molecule has 1 unspecified atom stereocenters. The van der Waals surface area contributed by atoms with Crippen LogP contribution in [-0.4, -0.2) is 31.4 Å². The summed E-state index contributed by atoms with van der Waals surface area (Å²) in [6.07, 6.45) is 0.767. The van der Waals surface area contributed by atoms with E-state index in [1.807, 2.05) is 64.1 Å². The fraction of sp³-hybridized carbons (Fsp3) is 0.440. The molecule has 0 fully saturated rings. The normalized spacial score (nSPS) is 12.0. The zero-order valence-corrected chi connectivity index (χ0v) is 19.9. The quantitative estimate of drug-likeness (QED) is 0.442. The van der Waals surface area contributed by atoms with Gasteiger partial charge in [-0.2, -0.15) is 0 Å². The van der Waals surface area contributed by atoms with Crippen LogP contribution >= 0.6 is 12.2 Å². The van der Waals surface area contributed by atoms with Gasteiger partial charge in [0.2, 0.25) is 0 Å². The topological polar surface area (TPSA) is 56.8 Å². The standard InChI is InChI=1S/C25H33NO4S/c1-18-11-12-20(14-22(18)28-5)16-30-24(31)26-15-21(13-19-9-7-6-8-10-19)17-29-23(27)25(2,3)4/h6-12,14,21H,13,15-17H2,1-5H3,(H,26,31). The van der Waals surface area contributed by atoms with E-state index in [-0.39, 0.29) is 11.9 Å². The Kier molecular flexibility index (Phi) is 9.31. The molecule has 0 aromatic heterocycles. The molecule has 0 aliphatic rings. The van der Waals surface area contributed by atoms with Crippen LogP contribution in [0.3, 0.4) is 0 Å². The first-order valence-corrected chi connectivity index (χ1v) is 10.8. The van der Waals surface area contributed by atoms with Crippen LogP contribution in [0, 0.1) is 18.3 Å². The number of methoxy groups -OCH3 is 1. The number of ether oxygens (including phenoxy) is 3. The van der Waals surface area contributed by atoms with Crippen molar-refractivity contribution in [1.29, 1.82) is 0 Å². The Hall–Kier alpha value is -2.60. The number of carbonyl (C=O) groups excluding carboxylic acids is 1. The fourth-order valence-electron chi connectivity index (χ4n) is 2.93. The molecule has 31 heavy (non-hydrogen) atoms. The second-order valence-corrected chi connectivity index (χ2v) is 9.04. The molecule has 6 heteroatoms. The summed E-state index contributed by atoms with van der Waals surface area (Å²) in [5.74, 6) is 0.677. The summed E-state index contributed by atoms with van der Waals surface area (Å²) < 4.78 is 16.6. The number of hydrogen-bond donors (Lipinski definition) is 1. The van der Waals surface area contributed by atoms with Gasteiger partial charge in [-0.05, 0) is 69.1 Å². The second-order valence-electron chi connectivity index (χ2n) is 8.67. The maximum Gasteiger partial charge on any atom is 0.311 e. The van der Waals surface area contributed by atoms with Gasteiger partial charge in [0.25, 0.3) is 5.17 Å². The molecular formula is C25H33NO4S. The number of esters is 1. The highest BCUT2D eigenvalue weighted by molar-refractivity contribution is 7.80. The molecule has 0 bridgehead atoms. The molecule has 0 heterocycles. The molecule has 2 aromatic rings. The summed E-state index contributed by atoms with van der Waals surface area (Å²) in [5, 5.41) is 3.48. The van der Waals surface area contributed by atoms with Crippen molar-refractivity contribution >= 4 is 23.4 Å². The molecule has 0 amide bonds. The minimum atomic E-state index is -0.530. The Morgan fingerprint density at radius 1 is 1.06 bits per heavy atom. The number of thiocarbonyl (C=S) groups is 1. The van der Waals surface area contributed by atoms with Gasteiger partial charge in [-0.25, -0.2) is 0 Å². The molecule has 0 saturated carbocycles. The van der Waals surface area contributed by atoms with Crippen molar-refractivity contribution < 1.29 is 19.0 Å². The van der Waals surface area contributed by atoms with Crippen LogP contribution in [0.2, 0.25) is 0 Å². The van der Waals surface area contributed by atoms with Crippen molar-refractivity contribution in [3.8, 4) is 5.75 Å². The van der Waals surface area contributed by atoms with Crippen LogP contribution in [-0.2, 0) is 27.3 Å². The lowest BCUT2D eigenvalue weighted by molar-refractivity contribution is -0.154. The highest BCUT2D eigenvalue weighted by Gasteiger charge is 2.24. The van der Waals surface area contributed by atoms with E-state index >= 15 is 0 Å². The van der Waals surface area contributed by atoms with Crippen LogP contribution in [0.4, 0.5) is 0 Å². The predicted molar refractivity (Wildman–Crippen MR) is 127 cm³/mol. The highest BCUT2D eigenvalue weighted by atomic mass is 32.1. The molecule has 0 saturated heterocycles. The van der Waals surface area contributed by atoms with Gasteiger partial charge in [-0.1, -0.05) is 42.5 Å². The van der Waals surface area contributed by atoms with Crippen molar-refractivity contribution in [2.75, 3.05) is 20.3 Å². The maximum atomic E-state index is 12.2. The summed E-state index contributed by atoms with van der Waals surface area (Å²) in [7, 11) is 1.65. The van der Waals surface area contributed by atoms with Gasteiger partial charge in [-0.15, -0.1) is 0 Å². The molecule has 2 rings (SSSR count). The Morgan fingerprint density at radius 3 is 2.42 bits per heavy atom. The van der Waals surface area contributed by atoms with Crippen molar-refractivity contribution in [2.45, 2.75) is 40.7 Å². The average molecular weight is 444 g/mol. The van der Waals surface area contributed by atoms with Gasteiger partial charge < -0.3 is 19.5 Å². The van der Waals surface area contributed by atoms with Crippen molar-refractivity contribution in [1.82, 2.24) is 5.32 Å². The van der Waals surface area contributed by atoms with E-state index in [2.05, 4.69) is 17.4 Å². The van der Waals surface area contributed by atoms with E-state index < -0.39 is 5.41 Å². The smallest absolute Gasteiger partial charge is 0.311 e. The molecule has 1 atom stereocenters. The minimum Gasteiger partial charge on any atom is -0.496 e. The first-order chi connectivity index (χ1) is 14.7. The summed E-state index contributed by atoms with van der Waals surface area (Å²) in [6, 6.07) is 16.1. The molecule has 0 aliphatic heterocycles. The lowest BCUT2D eigenvalue weighted by Gasteiger charge is -2.22. The van der Waals surface area contributed by atoms with Crippen molar-refractivity contribution in [2.24, 2.45) is 11.3 Å². The second kappa shape index (κ2) is 11.7. The van der Waals surface area contributed by atoms with Crippen LogP contribution in [0.15, 0.2) is 48.5 Å². The first kappa shape index (κ1) is 24.7. The van der Waals surface area contributed by atoms with Gasteiger partial charge in [0.15, 0.2) is 0 Å². The summed E-state index contributed by atoms with van der Waals surface area (Å²) in [4.78, 5) is 12.2. The number of benzene rings is 2. The highest BCUT2D eigenvalue weighted by Crippen LogP contribution is 2.20. The van der Waals surface area contributed by atoms with E-state index in [1.165, 1.54) is 5.56 Å². The Balaban J connectivity index is 1.90. The fourth-order valence-corrected chi connectivity index (χ4v) is 3.07. The van der Waals surface area contributed by atoms with Crippen molar-refractivity contribution in [3.63, 3.8) is 0 Å². The zero-order valence-electron chi connectivity index (χ0n) is 19.1. The predicted octanol–water partition coefficient (Wildman–Crippen LogP) is 4.84. The molecule has 0 spiro atoms. The Labute approximate surface area is 191 Å². The van der Waals surface area contributed by atoms with Gasteiger partial charge in [0, 0.05) is 12.5 Å². The van der Waals surface area contributed by atoms with Crippen molar-refractivity contribution in [3.05, 3.63) is 65.2 Å². The Morgan fingerprint density at radius 2 is 1.77 bits per heavy atom. The van der Waals surface area contributed by atoms with Gasteiger partial charge in [0.05, 0.1) is 19.1 Å². The number of carbonyl (C=O) groups is 1. The van der Waals surface area contributed by atoms with E-state index in [4.69, 9.17) is 26.4 Å². The maximum absolute atomic E-state index is 12.2. The number of rotatable bonds is 9. The number of hydrogen-bond acceptors (Lipinski definition) is 5. The number of aryl methyl sites for hydroxylation is 1. The third-order valence-corrected chi connectivity index (χ3v) is 5.07. The summed E-state index contributed by atoms with van der Waals surface area (Å²) in [6.45, 7) is 8.76. The third-order valence-electron chi connectivity index (χ3n) is 4.81. The minimum absolute atomic E-state index is 0.0646. The van der Waals surface area contributed by atoms with E-state index in [0.717, 1.165) is 23.3 Å². The molecule has 0 radical (unpaired) electrons. The lowest BCUT2D eigenvalue weighted by Crippen LogP contribution is -2.34. The zero-order chi connectivity index (χ0) is 22.9. The van der Waals surface area contributed by atoms with Gasteiger partial charge in [-0.3, -0.25) is 4.79 Å². The number of nitrogens with one attached hydrogen (secondary N) is 1. The molecular weight excluding hydrogens is 410 g/mol. The van der Waals surface area contributed by atoms with E-state index in [1.54, 1.807) is 7.11 Å². The lowest BCUT2D eigenvalue weighted by atomic mass is 9.97. The summed E-state index contributed by atoms with van der Waals surface area (Å²) in [5.41, 5.74) is 2.70. The largest absolute Gasteiger partial charge is 0.496 e. The Bertz CT molecular complexity index is 862. The van der Waals surface area contributed by atoms with Crippen LogP contribution in [0.5, 0.6) is 5.75 Å². The molecule has 168 valence electrons. The van der Waals surface area contributed by atoms with Crippen LogP contribution in [0.25, 0.3) is 0 Å². The first-order valence-electron chi connectivity index (χ1n) is 10.4. The van der Waals surface area contributed by atoms with E-state index in [0.29, 0.717) is 24.9 Å². The summed E-state index contributed by atoms with van der Waals surface area (Å²) >= 11 is 5.35. The molecule has 5 nitrogen and oxygen atoms in total. The SMILES string of the molecule is COc1cc(COC(=S)NCC(COC(=O)C(C)(C)C)Cc2ccccc2)ccc1C. The monoisotopic (exact) mass is 443 g/mol. The molecule has 1 N–H and O–H groups in total. The van der Waals surface area contributed by atoms with Crippen LogP contribution in [0.1, 0.15) is 37.5 Å². The van der Waals surface area contributed by atoms with Crippen LogP contribution < -0.4 is 10.1 Å². The average Bonchev–Trinajstić information content (AvgIpc) is 2.74. The molecule has 2 aromatic carbocycles. The van der Waals surface area contributed by atoms with Gasteiger partial charge >= 0.3 is 5.97 Å². The third kappa shape index (κ3) is 8.58. The van der Waals surface area contributed by atoms with Gasteiger partial charge in [0.1, 0.15) is 12.4 Å². The molecule has 0 aliphatic carbocycles. The van der Waals surface area contributed by atoms with E-state index in [9.17, 15) is 4.79 Å².